The highest BCUT2D eigenvalue weighted by Gasteiger charge is 2.27. The molecule has 0 unspecified atom stereocenters. The summed E-state index contributed by atoms with van der Waals surface area (Å²) in [6.07, 6.45) is 5.00. The molecule has 7 heteroatoms. The van der Waals surface area contributed by atoms with Gasteiger partial charge in [-0.05, 0) is 87.1 Å². The highest BCUT2D eigenvalue weighted by Crippen LogP contribution is 2.32. The van der Waals surface area contributed by atoms with Crippen LogP contribution in [0.5, 0.6) is 0 Å². The van der Waals surface area contributed by atoms with Gasteiger partial charge in [0.1, 0.15) is 6.61 Å². The molecule has 35 heavy (non-hydrogen) atoms. The number of halogens is 1. The molecule has 0 atom stereocenters. The van der Waals surface area contributed by atoms with Gasteiger partial charge in [-0.2, -0.15) is 0 Å². The van der Waals surface area contributed by atoms with Crippen LogP contribution in [0.2, 0.25) is 0 Å². The predicted octanol–water partition coefficient (Wildman–Crippen LogP) is 5.69. The number of hydrogen-bond acceptors (Lipinski definition) is 5. The molecule has 1 aliphatic rings. The van der Waals surface area contributed by atoms with E-state index in [1.54, 1.807) is 6.08 Å². The fourth-order valence-corrected chi connectivity index (χ4v) is 4.05. The molecule has 0 fully saturated rings. The molecule has 0 bridgehead atoms. The first-order valence-electron chi connectivity index (χ1n) is 12.1. The van der Waals surface area contributed by atoms with E-state index >= 15 is 0 Å². The quantitative estimate of drug-likeness (QED) is 0.418. The number of likely N-dealkylation sites (N-methyl/N-ethyl adjacent to an activating group) is 1. The van der Waals surface area contributed by atoms with Gasteiger partial charge in [-0.25, -0.2) is 0 Å². The molecule has 1 aliphatic carbocycles. The van der Waals surface area contributed by atoms with E-state index in [1.807, 2.05) is 52.8 Å². The second-order valence-electron chi connectivity index (χ2n) is 9.31. The van der Waals surface area contributed by atoms with Gasteiger partial charge in [-0.15, -0.1) is 0 Å². The Balaban J connectivity index is 2.26. The largest absolute Gasteiger partial charge is 0.463 e. The standard InChI is InChI=1S/C28H37ClN2O4/c1-8-23-21(17-24(30-19(5)32)26(33)25(23)29)16-20-11-12-22(15-18(20)4)31(10-3)13-14-35-27(34)28(6,7)9-2/h11-12,15-17H,8-10,13-14H2,1-7H3,(H,30,32)/b21-16+. The number of anilines is 1. The lowest BCUT2D eigenvalue weighted by molar-refractivity contribution is -0.153. The number of allylic oxidation sites excluding steroid dienone is 4. The van der Waals surface area contributed by atoms with Crippen molar-refractivity contribution < 1.29 is 19.1 Å². The van der Waals surface area contributed by atoms with Crippen LogP contribution in [0.15, 0.2) is 46.2 Å². The highest BCUT2D eigenvalue weighted by molar-refractivity contribution is 6.46. The first-order chi connectivity index (χ1) is 16.4. The number of amides is 1. The number of hydrogen-bond donors (Lipinski definition) is 1. The lowest BCUT2D eigenvalue weighted by Crippen LogP contribution is -2.31. The molecule has 0 spiro atoms. The van der Waals surface area contributed by atoms with Crippen LogP contribution >= 0.6 is 11.6 Å². The van der Waals surface area contributed by atoms with Crippen LogP contribution in [0, 0.1) is 12.3 Å². The summed E-state index contributed by atoms with van der Waals surface area (Å²) in [5.41, 5.74) is 4.33. The van der Waals surface area contributed by atoms with E-state index in [2.05, 4.69) is 23.2 Å². The van der Waals surface area contributed by atoms with Crippen LogP contribution in [0.1, 0.15) is 65.5 Å². The Bertz CT molecular complexity index is 1080. The van der Waals surface area contributed by atoms with Gasteiger partial charge in [0.15, 0.2) is 0 Å². The Morgan fingerprint density at radius 3 is 2.43 bits per heavy atom. The zero-order valence-electron chi connectivity index (χ0n) is 21.9. The fraction of sp³-hybridized carbons (Fsp3) is 0.464. The minimum Gasteiger partial charge on any atom is -0.463 e. The molecule has 1 N–H and O–H groups in total. The number of nitrogens with zero attached hydrogens (tertiary/aromatic N) is 1. The molecule has 190 valence electrons. The monoisotopic (exact) mass is 500 g/mol. The average molecular weight is 501 g/mol. The topological polar surface area (TPSA) is 75.7 Å². The molecule has 6 nitrogen and oxygen atoms in total. The van der Waals surface area contributed by atoms with Gasteiger partial charge >= 0.3 is 5.97 Å². The van der Waals surface area contributed by atoms with E-state index in [1.165, 1.54) is 6.92 Å². The molecule has 0 heterocycles. The summed E-state index contributed by atoms with van der Waals surface area (Å²) in [6, 6.07) is 6.15. The number of carbonyl (C=O) groups is 3. The van der Waals surface area contributed by atoms with Gasteiger partial charge < -0.3 is 15.0 Å². The van der Waals surface area contributed by atoms with Crippen molar-refractivity contribution in [1.82, 2.24) is 5.32 Å². The molecule has 1 aromatic carbocycles. The average Bonchev–Trinajstić information content (AvgIpc) is 2.81. The normalized spacial score (nSPS) is 15.3. The number of carbonyl (C=O) groups excluding carboxylic acids is 3. The summed E-state index contributed by atoms with van der Waals surface area (Å²) in [6.45, 7) is 14.9. The second-order valence-corrected chi connectivity index (χ2v) is 9.69. The van der Waals surface area contributed by atoms with E-state index in [0.717, 1.165) is 40.9 Å². The van der Waals surface area contributed by atoms with E-state index in [0.29, 0.717) is 19.6 Å². The Hall–Kier alpha value is -2.86. The number of nitrogens with one attached hydrogen (secondary N) is 1. The molecule has 1 amide bonds. The maximum Gasteiger partial charge on any atom is 0.311 e. The fourth-order valence-electron chi connectivity index (χ4n) is 3.70. The number of esters is 1. The van der Waals surface area contributed by atoms with Crippen molar-refractivity contribution in [2.24, 2.45) is 5.41 Å². The highest BCUT2D eigenvalue weighted by atomic mass is 35.5. The van der Waals surface area contributed by atoms with Crippen LogP contribution in [0.3, 0.4) is 0 Å². The molecule has 0 aliphatic heterocycles. The van der Waals surface area contributed by atoms with Gasteiger partial charge in [-0.1, -0.05) is 31.5 Å². The molecular formula is C28H37ClN2O4. The molecular weight excluding hydrogens is 464 g/mol. The Kier molecular flexibility index (Phi) is 9.90. The van der Waals surface area contributed by atoms with Gasteiger partial charge in [0.2, 0.25) is 11.7 Å². The molecule has 1 aromatic rings. The van der Waals surface area contributed by atoms with Crippen molar-refractivity contribution in [2.75, 3.05) is 24.6 Å². The molecule has 0 radical (unpaired) electrons. The lowest BCUT2D eigenvalue weighted by atomic mass is 9.91. The third-order valence-corrected chi connectivity index (χ3v) is 6.76. The number of rotatable bonds is 10. The van der Waals surface area contributed by atoms with E-state index < -0.39 is 5.41 Å². The van der Waals surface area contributed by atoms with Crippen LogP contribution < -0.4 is 10.2 Å². The third-order valence-electron chi connectivity index (χ3n) is 6.36. The number of benzene rings is 1. The number of Topliss-reactive ketones (excluding diaryl/α,β-unsaturated/α-hetero) is 1. The number of aryl methyl sites for hydroxylation is 1. The lowest BCUT2D eigenvalue weighted by Gasteiger charge is -2.26. The first-order valence-corrected chi connectivity index (χ1v) is 12.5. The van der Waals surface area contributed by atoms with E-state index in [4.69, 9.17) is 16.3 Å². The summed E-state index contributed by atoms with van der Waals surface area (Å²) < 4.78 is 5.51. The maximum atomic E-state index is 12.5. The predicted molar refractivity (Wildman–Crippen MR) is 142 cm³/mol. The maximum absolute atomic E-state index is 12.5. The summed E-state index contributed by atoms with van der Waals surface area (Å²) in [5, 5.41) is 2.72. The summed E-state index contributed by atoms with van der Waals surface area (Å²) in [7, 11) is 0. The van der Waals surface area contributed by atoms with E-state index in [-0.39, 0.29) is 28.4 Å². The van der Waals surface area contributed by atoms with Gasteiger partial charge in [-0.3, -0.25) is 14.4 Å². The van der Waals surface area contributed by atoms with Gasteiger partial charge in [0.25, 0.3) is 0 Å². The van der Waals surface area contributed by atoms with Crippen molar-refractivity contribution >= 4 is 41.0 Å². The smallest absolute Gasteiger partial charge is 0.311 e. The minimum atomic E-state index is -0.477. The van der Waals surface area contributed by atoms with Crippen molar-refractivity contribution in [2.45, 2.75) is 61.3 Å². The van der Waals surface area contributed by atoms with Crippen LogP contribution in [0.4, 0.5) is 5.69 Å². The summed E-state index contributed by atoms with van der Waals surface area (Å²) in [4.78, 5) is 38.5. The van der Waals surface area contributed by atoms with Crippen LogP contribution in [-0.2, 0) is 19.1 Å². The Labute approximate surface area is 214 Å². The number of ether oxygens (including phenoxy) is 1. The molecule has 0 aromatic heterocycles. The summed E-state index contributed by atoms with van der Waals surface area (Å²) in [5.74, 6) is -0.868. The zero-order valence-corrected chi connectivity index (χ0v) is 22.6. The molecule has 0 saturated heterocycles. The van der Waals surface area contributed by atoms with Gasteiger partial charge in [0.05, 0.1) is 22.7 Å². The van der Waals surface area contributed by atoms with E-state index in [9.17, 15) is 14.4 Å². The first kappa shape index (κ1) is 28.4. The second kappa shape index (κ2) is 12.2. The van der Waals surface area contributed by atoms with Crippen molar-refractivity contribution in [3.05, 3.63) is 57.3 Å². The Morgan fingerprint density at radius 2 is 1.89 bits per heavy atom. The van der Waals surface area contributed by atoms with Gasteiger partial charge in [0, 0.05) is 19.2 Å². The third kappa shape index (κ3) is 7.07. The van der Waals surface area contributed by atoms with Crippen LogP contribution in [-0.4, -0.2) is 37.4 Å². The molecule has 2 rings (SSSR count). The number of ketones is 1. The minimum absolute atomic E-state index is 0.136. The van der Waals surface area contributed by atoms with Crippen molar-refractivity contribution in [3.63, 3.8) is 0 Å². The van der Waals surface area contributed by atoms with Crippen LogP contribution in [0.25, 0.3) is 6.08 Å². The summed E-state index contributed by atoms with van der Waals surface area (Å²) >= 11 is 6.36. The molecule has 0 saturated carbocycles. The van der Waals surface area contributed by atoms with Crippen molar-refractivity contribution in [1.29, 1.82) is 0 Å². The van der Waals surface area contributed by atoms with Crippen molar-refractivity contribution in [3.8, 4) is 0 Å². The zero-order chi connectivity index (χ0) is 26.3. The SMILES string of the molecule is CCC1=C(Cl)C(=O)C(NC(C)=O)=C/C1=C\c1ccc(N(CC)CCOC(=O)C(C)(C)CC)cc1C. The Morgan fingerprint density at radius 1 is 1.20 bits per heavy atom.